The summed E-state index contributed by atoms with van der Waals surface area (Å²) in [4.78, 5) is 4.66. The Morgan fingerprint density at radius 1 is 1.30 bits per heavy atom. The maximum Gasteiger partial charge on any atom is 0.119 e. The maximum absolute atomic E-state index is 5.60. The monoisotopic (exact) mass is 268 g/mol. The molecule has 1 N–H and O–H groups in total. The summed E-state index contributed by atoms with van der Waals surface area (Å²) >= 11 is 0. The molecule has 0 aliphatic carbocycles. The summed E-state index contributed by atoms with van der Waals surface area (Å²) in [6.07, 6.45) is 1.04. The Morgan fingerprint density at radius 3 is 3.00 bits per heavy atom. The predicted octanol–water partition coefficient (Wildman–Crippen LogP) is 3.02. The fraction of sp³-hybridized carbons (Fsp3) is 0.353. The Morgan fingerprint density at radius 2 is 2.20 bits per heavy atom. The third-order valence-electron chi connectivity index (χ3n) is 3.68. The molecule has 0 saturated carbocycles. The second kappa shape index (κ2) is 5.63. The van der Waals surface area contributed by atoms with Gasteiger partial charge in [-0.15, -0.1) is 0 Å². The predicted molar refractivity (Wildman–Crippen MR) is 80.1 cm³/mol. The summed E-state index contributed by atoms with van der Waals surface area (Å²) in [5, 5.41) is 3.57. The van der Waals surface area contributed by atoms with Crippen LogP contribution in [0, 0.1) is 6.92 Å². The number of nitrogens with zero attached hydrogens (tertiary/aromatic N) is 1. The molecule has 0 amide bonds. The van der Waals surface area contributed by atoms with Gasteiger partial charge in [0, 0.05) is 12.2 Å². The van der Waals surface area contributed by atoms with Crippen molar-refractivity contribution in [3.8, 4) is 5.75 Å². The summed E-state index contributed by atoms with van der Waals surface area (Å²) < 4.78 is 5.60. The molecule has 0 bridgehead atoms. The van der Waals surface area contributed by atoms with Crippen molar-refractivity contribution < 1.29 is 4.74 Å². The molecular weight excluding hydrogens is 248 g/mol. The number of pyridine rings is 1. The molecule has 3 rings (SSSR count). The lowest BCUT2D eigenvalue weighted by atomic mass is 9.92. The molecule has 1 aliphatic heterocycles. The molecule has 0 spiro atoms. The minimum Gasteiger partial charge on any atom is -0.494 e. The fourth-order valence-corrected chi connectivity index (χ4v) is 2.79. The average Bonchev–Trinajstić information content (AvgIpc) is 2.47. The summed E-state index contributed by atoms with van der Waals surface area (Å²) in [7, 11) is 0. The first-order valence-corrected chi connectivity index (χ1v) is 7.20. The van der Waals surface area contributed by atoms with Crippen LogP contribution in [0.15, 0.2) is 36.4 Å². The van der Waals surface area contributed by atoms with E-state index in [1.807, 2.05) is 19.9 Å². The van der Waals surface area contributed by atoms with E-state index >= 15 is 0 Å². The van der Waals surface area contributed by atoms with Crippen molar-refractivity contribution >= 4 is 0 Å². The summed E-state index contributed by atoms with van der Waals surface area (Å²) in [5.74, 6) is 0.962. The zero-order valence-electron chi connectivity index (χ0n) is 12.0. The number of rotatable bonds is 3. The van der Waals surface area contributed by atoms with Crippen LogP contribution in [0.5, 0.6) is 5.75 Å². The van der Waals surface area contributed by atoms with Gasteiger partial charge >= 0.3 is 0 Å². The maximum atomic E-state index is 5.60. The molecular formula is C17H20N2O. The van der Waals surface area contributed by atoms with E-state index in [0.717, 1.165) is 30.1 Å². The van der Waals surface area contributed by atoms with Crippen molar-refractivity contribution in [2.45, 2.75) is 26.3 Å². The van der Waals surface area contributed by atoms with E-state index in [2.05, 4.69) is 40.6 Å². The van der Waals surface area contributed by atoms with Gasteiger partial charge in [-0.1, -0.05) is 12.1 Å². The van der Waals surface area contributed by atoms with E-state index in [4.69, 9.17) is 4.74 Å². The van der Waals surface area contributed by atoms with E-state index in [0.29, 0.717) is 6.61 Å². The molecule has 2 aromatic rings. The molecule has 2 heterocycles. The van der Waals surface area contributed by atoms with Gasteiger partial charge in [0.15, 0.2) is 0 Å². The molecule has 3 nitrogen and oxygen atoms in total. The number of fused-ring (bicyclic) bond motifs is 1. The van der Waals surface area contributed by atoms with Crippen molar-refractivity contribution in [1.82, 2.24) is 10.3 Å². The van der Waals surface area contributed by atoms with Crippen LogP contribution in [0.2, 0.25) is 0 Å². The second-order valence-corrected chi connectivity index (χ2v) is 5.13. The van der Waals surface area contributed by atoms with Crippen LogP contribution in [0.25, 0.3) is 0 Å². The molecule has 104 valence electrons. The highest BCUT2D eigenvalue weighted by molar-refractivity contribution is 5.42. The molecule has 0 fully saturated rings. The van der Waals surface area contributed by atoms with Gasteiger partial charge in [0.05, 0.1) is 18.3 Å². The lowest BCUT2D eigenvalue weighted by molar-refractivity contribution is 0.339. The van der Waals surface area contributed by atoms with Crippen LogP contribution >= 0.6 is 0 Å². The lowest BCUT2D eigenvalue weighted by Crippen LogP contribution is -2.31. The number of aromatic nitrogens is 1. The number of hydrogen-bond donors (Lipinski definition) is 1. The summed E-state index contributed by atoms with van der Waals surface area (Å²) in [5.41, 5.74) is 4.83. The second-order valence-electron chi connectivity index (χ2n) is 5.13. The molecule has 0 radical (unpaired) electrons. The number of hydrogen-bond acceptors (Lipinski definition) is 3. The van der Waals surface area contributed by atoms with Gasteiger partial charge in [0.2, 0.25) is 0 Å². The summed E-state index contributed by atoms with van der Waals surface area (Å²) in [6.45, 7) is 5.73. The Bertz CT molecular complexity index is 610. The average molecular weight is 268 g/mol. The van der Waals surface area contributed by atoms with Gasteiger partial charge in [-0.2, -0.15) is 0 Å². The van der Waals surface area contributed by atoms with Crippen molar-refractivity contribution in [1.29, 1.82) is 0 Å². The van der Waals surface area contributed by atoms with E-state index in [9.17, 15) is 0 Å². The van der Waals surface area contributed by atoms with E-state index < -0.39 is 0 Å². The van der Waals surface area contributed by atoms with Gasteiger partial charge in [-0.3, -0.25) is 4.98 Å². The fourth-order valence-electron chi connectivity index (χ4n) is 2.79. The minimum absolute atomic E-state index is 0.189. The molecule has 1 unspecified atom stereocenters. The highest BCUT2D eigenvalue weighted by Crippen LogP contribution is 2.30. The number of ether oxygens (including phenoxy) is 1. The lowest BCUT2D eigenvalue weighted by Gasteiger charge is -2.27. The van der Waals surface area contributed by atoms with Gasteiger partial charge < -0.3 is 10.1 Å². The topological polar surface area (TPSA) is 34.1 Å². The van der Waals surface area contributed by atoms with Gasteiger partial charge in [-0.05, 0) is 55.7 Å². The molecule has 20 heavy (non-hydrogen) atoms. The van der Waals surface area contributed by atoms with E-state index in [-0.39, 0.29) is 6.04 Å². The zero-order chi connectivity index (χ0) is 13.9. The van der Waals surface area contributed by atoms with Crippen LogP contribution in [-0.4, -0.2) is 18.1 Å². The van der Waals surface area contributed by atoms with E-state index in [1.165, 1.54) is 11.1 Å². The minimum atomic E-state index is 0.189. The van der Waals surface area contributed by atoms with Gasteiger partial charge in [0.1, 0.15) is 5.75 Å². The van der Waals surface area contributed by atoms with Crippen LogP contribution in [0.3, 0.4) is 0 Å². The van der Waals surface area contributed by atoms with Crippen LogP contribution in [0.4, 0.5) is 0 Å². The largest absolute Gasteiger partial charge is 0.494 e. The normalized spacial score (nSPS) is 17.6. The smallest absolute Gasteiger partial charge is 0.119 e. The van der Waals surface area contributed by atoms with Crippen molar-refractivity contribution in [2.24, 2.45) is 0 Å². The third-order valence-corrected chi connectivity index (χ3v) is 3.68. The SMILES string of the molecule is CCOc1ccc2c(c1)CCNC2c1cccc(C)n1. The highest BCUT2D eigenvalue weighted by Gasteiger charge is 2.22. The highest BCUT2D eigenvalue weighted by atomic mass is 16.5. The Kier molecular flexibility index (Phi) is 3.70. The number of nitrogens with one attached hydrogen (secondary N) is 1. The Balaban J connectivity index is 1.97. The molecule has 3 heteroatoms. The van der Waals surface area contributed by atoms with Crippen LogP contribution in [-0.2, 0) is 6.42 Å². The molecule has 1 aromatic heterocycles. The first kappa shape index (κ1) is 13.1. The standard InChI is InChI=1S/C17H20N2O/c1-3-20-14-7-8-15-13(11-14)9-10-18-17(15)16-6-4-5-12(2)19-16/h4-8,11,17-18H,3,9-10H2,1-2H3. The zero-order valence-corrected chi connectivity index (χ0v) is 12.0. The number of aryl methyl sites for hydroxylation is 1. The van der Waals surface area contributed by atoms with Gasteiger partial charge in [0.25, 0.3) is 0 Å². The Hall–Kier alpha value is -1.87. The first-order chi connectivity index (χ1) is 9.78. The van der Waals surface area contributed by atoms with Crippen molar-refractivity contribution in [3.63, 3.8) is 0 Å². The van der Waals surface area contributed by atoms with Gasteiger partial charge in [-0.25, -0.2) is 0 Å². The van der Waals surface area contributed by atoms with Crippen molar-refractivity contribution in [3.05, 3.63) is 58.9 Å². The Labute approximate surface area is 120 Å². The van der Waals surface area contributed by atoms with E-state index in [1.54, 1.807) is 0 Å². The molecule has 1 atom stereocenters. The third kappa shape index (κ3) is 2.54. The van der Waals surface area contributed by atoms with Crippen LogP contribution < -0.4 is 10.1 Å². The summed E-state index contributed by atoms with van der Waals surface area (Å²) in [6, 6.07) is 12.8. The molecule has 1 aromatic carbocycles. The van der Waals surface area contributed by atoms with Crippen molar-refractivity contribution in [2.75, 3.05) is 13.2 Å². The quantitative estimate of drug-likeness (QED) is 0.929. The molecule has 0 saturated heterocycles. The number of benzene rings is 1. The first-order valence-electron chi connectivity index (χ1n) is 7.20. The van der Waals surface area contributed by atoms with Crippen LogP contribution in [0.1, 0.15) is 35.5 Å². The molecule has 1 aliphatic rings.